The van der Waals surface area contributed by atoms with Crippen LogP contribution in [0.25, 0.3) is 0 Å². The summed E-state index contributed by atoms with van der Waals surface area (Å²) in [7, 11) is 1.73. The van der Waals surface area contributed by atoms with E-state index in [0.717, 1.165) is 32.8 Å². The smallest absolute Gasteiger partial charge is 0.127 e. The molecule has 1 aromatic rings. The number of benzene rings is 1. The fourth-order valence-corrected chi connectivity index (χ4v) is 2.79. The van der Waals surface area contributed by atoms with Gasteiger partial charge in [0.25, 0.3) is 0 Å². The van der Waals surface area contributed by atoms with Crippen LogP contribution < -0.4 is 5.32 Å². The van der Waals surface area contributed by atoms with Crippen molar-refractivity contribution >= 4 is 11.6 Å². The molecule has 0 aromatic heterocycles. The lowest BCUT2D eigenvalue weighted by molar-refractivity contribution is 0.159. The molecule has 1 aliphatic rings. The van der Waals surface area contributed by atoms with E-state index >= 15 is 0 Å². The summed E-state index contributed by atoms with van der Waals surface area (Å²) in [5, 5.41) is 3.91. The summed E-state index contributed by atoms with van der Waals surface area (Å²) in [6, 6.07) is 4.68. The van der Waals surface area contributed by atoms with E-state index < -0.39 is 0 Å². The highest BCUT2D eigenvalue weighted by Gasteiger charge is 2.21. The molecule has 0 unspecified atom stereocenters. The molecule has 0 saturated carbocycles. The Morgan fingerprint density at radius 3 is 3.15 bits per heavy atom. The van der Waals surface area contributed by atoms with Gasteiger partial charge in [0, 0.05) is 37.3 Å². The Hall–Kier alpha value is -0.680. The van der Waals surface area contributed by atoms with E-state index in [4.69, 9.17) is 16.3 Å². The molecule has 1 aromatic carbocycles. The van der Waals surface area contributed by atoms with Crippen LogP contribution in [0.3, 0.4) is 0 Å². The van der Waals surface area contributed by atoms with Crippen LogP contribution in [0.1, 0.15) is 12.0 Å². The summed E-state index contributed by atoms with van der Waals surface area (Å²) < 4.78 is 18.6. The number of methoxy groups -OCH3 is 1. The highest BCUT2D eigenvalue weighted by atomic mass is 35.5. The number of ether oxygens (including phenoxy) is 1. The average Bonchev–Trinajstić information content (AvgIpc) is 2.88. The Balaban J connectivity index is 1.70. The summed E-state index contributed by atoms with van der Waals surface area (Å²) in [5.41, 5.74) is 0.631. The minimum atomic E-state index is -0.199. The van der Waals surface area contributed by atoms with Gasteiger partial charge in [0.2, 0.25) is 0 Å². The van der Waals surface area contributed by atoms with Crippen LogP contribution in [0.5, 0.6) is 0 Å². The number of hydrogen-bond donors (Lipinski definition) is 1. The van der Waals surface area contributed by atoms with Gasteiger partial charge in [0.1, 0.15) is 5.82 Å². The van der Waals surface area contributed by atoms with Crippen LogP contribution in [0.2, 0.25) is 5.02 Å². The Kier molecular flexibility index (Phi) is 6.23. The van der Waals surface area contributed by atoms with E-state index in [1.807, 2.05) is 0 Å². The van der Waals surface area contributed by atoms with Gasteiger partial charge in [-0.1, -0.05) is 11.6 Å². The van der Waals surface area contributed by atoms with E-state index in [2.05, 4.69) is 10.2 Å². The molecule has 0 spiro atoms. The lowest BCUT2D eigenvalue weighted by atomic mass is 10.1. The number of hydrogen-bond acceptors (Lipinski definition) is 3. The van der Waals surface area contributed by atoms with Gasteiger partial charge in [0.05, 0.1) is 6.61 Å². The van der Waals surface area contributed by atoms with Gasteiger partial charge in [-0.15, -0.1) is 0 Å². The zero-order chi connectivity index (χ0) is 14.4. The molecule has 0 radical (unpaired) electrons. The maximum Gasteiger partial charge on any atom is 0.127 e. The van der Waals surface area contributed by atoms with Gasteiger partial charge in [-0.3, -0.25) is 0 Å². The first-order chi connectivity index (χ1) is 9.69. The van der Waals surface area contributed by atoms with Crippen LogP contribution in [0.4, 0.5) is 4.39 Å². The maximum absolute atomic E-state index is 13.6. The topological polar surface area (TPSA) is 24.5 Å². The quantitative estimate of drug-likeness (QED) is 0.837. The van der Waals surface area contributed by atoms with Gasteiger partial charge in [-0.05, 0) is 43.6 Å². The second kappa shape index (κ2) is 7.93. The Morgan fingerprint density at radius 1 is 1.50 bits per heavy atom. The summed E-state index contributed by atoms with van der Waals surface area (Å²) >= 11 is 5.88. The van der Waals surface area contributed by atoms with E-state index in [-0.39, 0.29) is 5.82 Å². The highest BCUT2D eigenvalue weighted by molar-refractivity contribution is 6.30. The molecule has 0 bridgehead atoms. The molecule has 0 amide bonds. The second-order valence-corrected chi connectivity index (χ2v) is 5.75. The zero-order valence-electron chi connectivity index (χ0n) is 11.9. The monoisotopic (exact) mass is 300 g/mol. The lowest BCUT2D eigenvalue weighted by Gasteiger charge is -2.15. The van der Waals surface area contributed by atoms with Crippen molar-refractivity contribution in [3.05, 3.63) is 34.6 Å². The first kappa shape index (κ1) is 15.7. The van der Waals surface area contributed by atoms with Crippen molar-refractivity contribution in [1.82, 2.24) is 10.2 Å². The molecule has 0 aliphatic carbocycles. The number of nitrogens with one attached hydrogen (secondary N) is 1. The van der Waals surface area contributed by atoms with Crippen LogP contribution in [0, 0.1) is 11.7 Å². The SMILES string of the molecule is COCCN1CC[C@H](CNCc2cc(Cl)ccc2F)C1. The molecule has 3 nitrogen and oxygen atoms in total. The largest absolute Gasteiger partial charge is 0.383 e. The Morgan fingerprint density at radius 2 is 2.35 bits per heavy atom. The molecule has 1 atom stereocenters. The molecule has 112 valence electrons. The van der Waals surface area contributed by atoms with Crippen molar-refractivity contribution in [2.45, 2.75) is 13.0 Å². The summed E-state index contributed by atoms with van der Waals surface area (Å²) in [4.78, 5) is 2.41. The molecule has 5 heteroatoms. The fourth-order valence-electron chi connectivity index (χ4n) is 2.59. The summed E-state index contributed by atoms with van der Waals surface area (Å²) in [6.45, 7) is 5.44. The molecule has 1 saturated heterocycles. The van der Waals surface area contributed by atoms with Crippen molar-refractivity contribution in [1.29, 1.82) is 0 Å². The normalized spacial score (nSPS) is 19.6. The van der Waals surface area contributed by atoms with Crippen LogP contribution in [-0.4, -0.2) is 44.8 Å². The first-order valence-electron chi connectivity index (χ1n) is 7.05. The number of halogens is 2. The summed E-state index contributed by atoms with van der Waals surface area (Å²) in [6.07, 6.45) is 1.19. The minimum absolute atomic E-state index is 0.199. The van der Waals surface area contributed by atoms with E-state index in [9.17, 15) is 4.39 Å². The molecular formula is C15H22ClFN2O. The molecule has 1 aliphatic heterocycles. The molecule has 20 heavy (non-hydrogen) atoms. The van der Waals surface area contributed by atoms with Crippen molar-refractivity contribution in [2.24, 2.45) is 5.92 Å². The number of nitrogens with zero attached hydrogens (tertiary/aromatic N) is 1. The van der Waals surface area contributed by atoms with Crippen LogP contribution in [-0.2, 0) is 11.3 Å². The molecule has 1 heterocycles. The van der Waals surface area contributed by atoms with Crippen LogP contribution in [0.15, 0.2) is 18.2 Å². The predicted octanol–water partition coefficient (Wildman–Crippen LogP) is 2.54. The van der Waals surface area contributed by atoms with Crippen molar-refractivity contribution < 1.29 is 9.13 Å². The first-order valence-corrected chi connectivity index (χ1v) is 7.42. The number of likely N-dealkylation sites (tertiary alicyclic amines) is 1. The third kappa shape index (κ3) is 4.70. The predicted molar refractivity (Wildman–Crippen MR) is 79.5 cm³/mol. The minimum Gasteiger partial charge on any atom is -0.383 e. The van der Waals surface area contributed by atoms with Crippen molar-refractivity contribution in [2.75, 3.05) is 39.9 Å². The molecule has 1 N–H and O–H groups in total. The van der Waals surface area contributed by atoms with E-state index in [1.165, 1.54) is 12.5 Å². The van der Waals surface area contributed by atoms with Gasteiger partial charge < -0.3 is 15.0 Å². The van der Waals surface area contributed by atoms with Crippen molar-refractivity contribution in [3.63, 3.8) is 0 Å². The van der Waals surface area contributed by atoms with E-state index in [0.29, 0.717) is 23.0 Å². The third-order valence-corrected chi connectivity index (χ3v) is 3.97. The van der Waals surface area contributed by atoms with Crippen LogP contribution >= 0.6 is 11.6 Å². The van der Waals surface area contributed by atoms with Gasteiger partial charge in [-0.25, -0.2) is 4.39 Å². The van der Waals surface area contributed by atoms with Gasteiger partial charge in [0.15, 0.2) is 0 Å². The average molecular weight is 301 g/mol. The standard InChI is InChI=1S/C15H22ClFN2O/c1-20-7-6-19-5-4-12(11-19)9-18-10-13-8-14(16)2-3-15(13)17/h2-3,8,12,18H,4-7,9-11H2,1H3/t12-/m1/s1. The Bertz CT molecular complexity index is 430. The molecule has 1 fully saturated rings. The molecule has 2 rings (SSSR count). The lowest BCUT2D eigenvalue weighted by Crippen LogP contribution is -2.28. The van der Waals surface area contributed by atoms with E-state index in [1.54, 1.807) is 19.2 Å². The third-order valence-electron chi connectivity index (χ3n) is 3.74. The highest BCUT2D eigenvalue weighted by Crippen LogP contribution is 2.17. The Labute approximate surface area is 125 Å². The van der Waals surface area contributed by atoms with Gasteiger partial charge in [-0.2, -0.15) is 0 Å². The second-order valence-electron chi connectivity index (χ2n) is 5.31. The van der Waals surface area contributed by atoms with Crippen molar-refractivity contribution in [3.8, 4) is 0 Å². The fraction of sp³-hybridized carbons (Fsp3) is 0.600. The zero-order valence-corrected chi connectivity index (χ0v) is 12.6. The maximum atomic E-state index is 13.6. The molecular weight excluding hydrogens is 279 g/mol. The summed E-state index contributed by atoms with van der Waals surface area (Å²) in [5.74, 6) is 0.434. The van der Waals surface area contributed by atoms with Gasteiger partial charge >= 0.3 is 0 Å². The number of rotatable bonds is 7.